The number of carbonyl (C=O) groups is 3. The van der Waals surface area contributed by atoms with E-state index in [0.29, 0.717) is 5.13 Å². The molecule has 1 aromatic heterocycles. The van der Waals surface area contributed by atoms with Crippen LogP contribution in [0.2, 0.25) is 0 Å². The summed E-state index contributed by atoms with van der Waals surface area (Å²) in [5.41, 5.74) is 1.10. The lowest BCUT2D eigenvalue weighted by atomic mass is 9.88. The number of imide groups is 1. The molecular weight excluding hydrogens is 328 g/mol. The second kappa shape index (κ2) is 7.29. The average molecular weight is 350 g/mol. The van der Waals surface area contributed by atoms with Crippen LogP contribution >= 0.6 is 11.3 Å². The quantitative estimate of drug-likeness (QED) is 0.849. The van der Waals surface area contributed by atoms with Crippen LogP contribution in [0.4, 0.5) is 9.93 Å². The summed E-state index contributed by atoms with van der Waals surface area (Å²) in [6.07, 6.45) is 5.85. The zero-order valence-electron chi connectivity index (χ0n) is 13.8. The number of carbonyl (C=O) groups excluding carboxylic acids is 3. The molecule has 1 aliphatic heterocycles. The van der Waals surface area contributed by atoms with Crippen LogP contribution in [0.3, 0.4) is 0 Å². The van der Waals surface area contributed by atoms with Crippen molar-refractivity contribution in [2.75, 3.05) is 18.4 Å². The number of nitrogens with one attached hydrogen (secondary N) is 2. The molecule has 0 aromatic carbocycles. The summed E-state index contributed by atoms with van der Waals surface area (Å²) >= 11 is 1.54. The molecule has 130 valence electrons. The van der Waals surface area contributed by atoms with Gasteiger partial charge in [-0.1, -0.05) is 19.8 Å². The van der Waals surface area contributed by atoms with Crippen LogP contribution in [0.5, 0.6) is 0 Å². The highest BCUT2D eigenvalue weighted by Gasteiger charge is 2.26. The summed E-state index contributed by atoms with van der Waals surface area (Å²) in [6, 6.07) is -0.512. The lowest BCUT2D eigenvalue weighted by Gasteiger charge is -2.25. The van der Waals surface area contributed by atoms with Crippen molar-refractivity contribution in [2.45, 2.75) is 45.4 Å². The van der Waals surface area contributed by atoms with Gasteiger partial charge in [-0.15, -0.1) is 11.3 Å². The van der Waals surface area contributed by atoms with E-state index in [4.69, 9.17) is 0 Å². The second-order valence-corrected chi connectivity index (χ2v) is 7.44. The van der Waals surface area contributed by atoms with E-state index >= 15 is 0 Å². The maximum absolute atomic E-state index is 12.1. The van der Waals surface area contributed by atoms with Gasteiger partial charge in [0.2, 0.25) is 11.8 Å². The molecule has 0 saturated carbocycles. The molecule has 0 spiro atoms. The Labute approximate surface area is 144 Å². The van der Waals surface area contributed by atoms with E-state index in [-0.39, 0.29) is 31.3 Å². The summed E-state index contributed by atoms with van der Waals surface area (Å²) in [5.74, 6) is 0.141. The highest BCUT2D eigenvalue weighted by molar-refractivity contribution is 7.15. The molecule has 2 aliphatic rings. The number of anilines is 1. The summed E-state index contributed by atoms with van der Waals surface area (Å²) < 4.78 is 0. The highest BCUT2D eigenvalue weighted by atomic mass is 32.1. The fourth-order valence-corrected chi connectivity index (χ4v) is 4.37. The Balaban J connectivity index is 1.56. The number of thiazole rings is 1. The third kappa shape index (κ3) is 3.92. The molecule has 1 fully saturated rings. The Kier molecular flexibility index (Phi) is 5.13. The van der Waals surface area contributed by atoms with Crippen LogP contribution in [-0.4, -0.2) is 40.8 Å². The topological polar surface area (TPSA) is 91.4 Å². The molecule has 1 atom stereocenters. The maximum Gasteiger partial charge on any atom is 0.324 e. The normalized spacial score (nSPS) is 20.5. The highest BCUT2D eigenvalue weighted by Crippen LogP contribution is 2.34. The van der Waals surface area contributed by atoms with Crippen molar-refractivity contribution in [3.8, 4) is 0 Å². The van der Waals surface area contributed by atoms with Crippen molar-refractivity contribution in [3.05, 3.63) is 10.6 Å². The molecular formula is C16H22N4O3S. The molecule has 2 heterocycles. The van der Waals surface area contributed by atoms with E-state index in [9.17, 15) is 14.4 Å². The fourth-order valence-electron chi connectivity index (χ4n) is 3.23. The van der Waals surface area contributed by atoms with E-state index < -0.39 is 6.03 Å². The predicted molar refractivity (Wildman–Crippen MR) is 90.9 cm³/mol. The number of hydrogen-bond acceptors (Lipinski definition) is 5. The van der Waals surface area contributed by atoms with Gasteiger partial charge in [0.05, 0.1) is 5.69 Å². The number of nitrogens with zero attached hydrogens (tertiary/aromatic N) is 2. The van der Waals surface area contributed by atoms with Gasteiger partial charge >= 0.3 is 6.03 Å². The van der Waals surface area contributed by atoms with E-state index in [1.807, 2.05) is 0 Å². The van der Waals surface area contributed by atoms with Crippen LogP contribution in [0, 0.1) is 5.92 Å². The monoisotopic (exact) mass is 350 g/mol. The van der Waals surface area contributed by atoms with Gasteiger partial charge in [-0.25, -0.2) is 9.78 Å². The first kappa shape index (κ1) is 16.9. The van der Waals surface area contributed by atoms with Crippen molar-refractivity contribution in [1.82, 2.24) is 15.2 Å². The van der Waals surface area contributed by atoms with Gasteiger partial charge < -0.3 is 10.2 Å². The number of rotatable bonds is 5. The largest absolute Gasteiger partial charge is 0.324 e. The Morgan fingerprint density at radius 3 is 3.00 bits per heavy atom. The molecule has 3 rings (SSSR count). The number of urea groups is 1. The van der Waals surface area contributed by atoms with Gasteiger partial charge in [0.1, 0.15) is 6.54 Å². The van der Waals surface area contributed by atoms with Crippen molar-refractivity contribution in [3.63, 3.8) is 0 Å². The first-order chi connectivity index (χ1) is 11.5. The van der Waals surface area contributed by atoms with Crippen molar-refractivity contribution >= 4 is 34.3 Å². The first-order valence-corrected chi connectivity index (χ1v) is 9.24. The number of hydrogen-bond donors (Lipinski definition) is 2. The molecule has 8 heteroatoms. The van der Waals surface area contributed by atoms with Crippen molar-refractivity contribution < 1.29 is 14.4 Å². The maximum atomic E-state index is 12.1. The van der Waals surface area contributed by atoms with Gasteiger partial charge in [0, 0.05) is 17.8 Å². The van der Waals surface area contributed by atoms with E-state index in [1.54, 1.807) is 11.3 Å². The number of aromatic nitrogens is 1. The number of fused-ring (bicyclic) bond motifs is 1. The minimum absolute atomic E-state index is 0.0676. The minimum Gasteiger partial charge on any atom is -0.315 e. The van der Waals surface area contributed by atoms with Crippen molar-refractivity contribution in [2.24, 2.45) is 5.92 Å². The summed E-state index contributed by atoms with van der Waals surface area (Å²) in [7, 11) is 0. The second-order valence-electron chi connectivity index (χ2n) is 6.36. The van der Waals surface area contributed by atoms with Crippen molar-refractivity contribution in [1.29, 1.82) is 0 Å². The number of amides is 4. The zero-order chi connectivity index (χ0) is 17.1. The van der Waals surface area contributed by atoms with Crippen LogP contribution in [-0.2, 0) is 22.4 Å². The third-order valence-electron chi connectivity index (χ3n) is 4.46. The SMILES string of the molecule is CCCC1CCc2nc(NC(=O)CN3CCC(=O)NC3=O)sc2C1. The summed E-state index contributed by atoms with van der Waals surface area (Å²) in [6.45, 7) is 2.41. The van der Waals surface area contributed by atoms with Gasteiger partial charge in [-0.2, -0.15) is 0 Å². The summed E-state index contributed by atoms with van der Waals surface area (Å²) in [5, 5.41) is 5.60. The standard InChI is InChI=1S/C16H22N4O3S/c1-2-3-10-4-5-11-12(8-10)24-15(17-11)18-14(22)9-20-7-6-13(21)19-16(20)23/h10H,2-9H2,1H3,(H,17,18,22)(H,19,21,23). The van der Waals surface area contributed by atoms with E-state index in [2.05, 4.69) is 22.5 Å². The third-order valence-corrected chi connectivity index (χ3v) is 5.50. The molecule has 7 nitrogen and oxygen atoms in total. The molecule has 4 amide bonds. The zero-order valence-corrected chi connectivity index (χ0v) is 14.6. The van der Waals surface area contributed by atoms with Crippen LogP contribution in [0.25, 0.3) is 0 Å². The molecule has 0 bridgehead atoms. The van der Waals surface area contributed by atoms with Crippen LogP contribution < -0.4 is 10.6 Å². The van der Waals surface area contributed by atoms with Gasteiger partial charge in [0.25, 0.3) is 0 Å². The lowest BCUT2D eigenvalue weighted by Crippen LogP contribution is -2.51. The molecule has 0 radical (unpaired) electrons. The average Bonchev–Trinajstić information content (AvgIpc) is 2.92. The van der Waals surface area contributed by atoms with E-state index in [0.717, 1.165) is 24.5 Å². The Bertz CT molecular complexity index is 658. The molecule has 1 aromatic rings. The molecule has 1 unspecified atom stereocenters. The fraction of sp³-hybridized carbons (Fsp3) is 0.625. The molecule has 24 heavy (non-hydrogen) atoms. The van der Waals surface area contributed by atoms with Gasteiger partial charge in [-0.3, -0.25) is 14.9 Å². The van der Waals surface area contributed by atoms with E-state index in [1.165, 1.54) is 29.0 Å². The van der Waals surface area contributed by atoms with Crippen LogP contribution in [0.15, 0.2) is 0 Å². The van der Waals surface area contributed by atoms with Crippen LogP contribution in [0.1, 0.15) is 43.2 Å². The molecule has 1 aliphatic carbocycles. The number of aryl methyl sites for hydroxylation is 1. The Morgan fingerprint density at radius 2 is 2.25 bits per heavy atom. The lowest BCUT2D eigenvalue weighted by molar-refractivity contribution is -0.123. The Morgan fingerprint density at radius 1 is 1.42 bits per heavy atom. The van der Waals surface area contributed by atoms with Gasteiger partial charge in [-0.05, 0) is 25.2 Å². The molecule has 2 N–H and O–H groups in total. The first-order valence-electron chi connectivity index (χ1n) is 8.42. The molecule has 1 saturated heterocycles. The van der Waals surface area contributed by atoms with Gasteiger partial charge in [0.15, 0.2) is 5.13 Å². The smallest absolute Gasteiger partial charge is 0.315 e. The minimum atomic E-state index is -0.512. The summed E-state index contributed by atoms with van der Waals surface area (Å²) in [4.78, 5) is 42.0. The predicted octanol–water partition coefficient (Wildman–Crippen LogP) is 1.93. The Hall–Kier alpha value is -1.96.